The lowest BCUT2D eigenvalue weighted by molar-refractivity contribution is 0.0223. The van der Waals surface area contributed by atoms with Crippen LogP contribution in [0.3, 0.4) is 0 Å². The molecule has 1 atom stereocenters. The van der Waals surface area contributed by atoms with E-state index < -0.39 is 0 Å². The van der Waals surface area contributed by atoms with Crippen molar-refractivity contribution in [3.63, 3.8) is 0 Å². The average molecular weight is 389 g/mol. The lowest BCUT2D eigenvalue weighted by atomic mass is 10.2. The van der Waals surface area contributed by atoms with Gasteiger partial charge in [0.1, 0.15) is 11.5 Å². The molecule has 0 spiro atoms. The molecular weight excluding hydrogens is 372 g/mol. The van der Waals surface area contributed by atoms with Gasteiger partial charge in [-0.05, 0) is 29.8 Å². The first-order valence-electron chi connectivity index (χ1n) is 7.80. The Labute approximate surface area is 148 Å². The van der Waals surface area contributed by atoms with Gasteiger partial charge < -0.3 is 9.15 Å². The second kappa shape index (κ2) is 6.88. The van der Waals surface area contributed by atoms with Crippen LogP contribution in [0.4, 0.5) is 0 Å². The van der Waals surface area contributed by atoms with Crippen LogP contribution in [0.5, 0.6) is 0 Å². The molecule has 1 fully saturated rings. The maximum Gasteiger partial charge on any atom is 0.157 e. The lowest BCUT2D eigenvalue weighted by Gasteiger charge is -2.19. The van der Waals surface area contributed by atoms with Gasteiger partial charge in [0, 0.05) is 11.0 Å². The molecule has 6 nitrogen and oxygen atoms in total. The molecule has 2 aromatic heterocycles. The first-order chi connectivity index (χ1) is 11.8. The van der Waals surface area contributed by atoms with Crippen LogP contribution in [0.1, 0.15) is 23.2 Å². The predicted molar refractivity (Wildman–Crippen MR) is 91.1 cm³/mol. The molecule has 1 aromatic carbocycles. The number of rotatable bonds is 5. The number of ether oxygens (including phenoxy) is 1. The lowest BCUT2D eigenvalue weighted by Crippen LogP contribution is -2.23. The second-order valence-electron chi connectivity index (χ2n) is 5.74. The summed E-state index contributed by atoms with van der Waals surface area (Å²) in [5.74, 6) is 0.923. The summed E-state index contributed by atoms with van der Waals surface area (Å²) in [5, 5.41) is 8.54. The van der Waals surface area contributed by atoms with Crippen molar-refractivity contribution in [3.8, 4) is 0 Å². The Bertz CT molecular complexity index is 803. The Morgan fingerprint density at radius 1 is 1.21 bits per heavy atom. The topological polar surface area (TPSA) is 56.3 Å². The zero-order chi connectivity index (χ0) is 16.4. The van der Waals surface area contributed by atoms with Gasteiger partial charge in [0.05, 0.1) is 32.2 Å². The van der Waals surface area contributed by atoms with E-state index in [0.29, 0.717) is 19.7 Å². The van der Waals surface area contributed by atoms with Crippen LogP contribution in [0.15, 0.2) is 57.7 Å². The molecule has 0 unspecified atom stereocenters. The first-order valence-corrected chi connectivity index (χ1v) is 8.60. The number of benzene rings is 1. The van der Waals surface area contributed by atoms with Gasteiger partial charge >= 0.3 is 0 Å². The zero-order valence-corrected chi connectivity index (χ0v) is 14.6. The molecule has 124 valence electrons. The van der Waals surface area contributed by atoms with Gasteiger partial charge in [-0.1, -0.05) is 33.3 Å². The molecule has 4 rings (SSSR count). The summed E-state index contributed by atoms with van der Waals surface area (Å²) in [7, 11) is 0. The van der Waals surface area contributed by atoms with Crippen LogP contribution in [-0.2, 0) is 17.8 Å². The van der Waals surface area contributed by atoms with E-state index >= 15 is 0 Å². The largest absolute Gasteiger partial charge is 0.468 e. The summed E-state index contributed by atoms with van der Waals surface area (Å²) in [5.41, 5.74) is 2.00. The number of furan rings is 1. The molecule has 0 aliphatic carbocycles. The number of halogens is 1. The van der Waals surface area contributed by atoms with Gasteiger partial charge in [0.25, 0.3) is 0 Å². The van der Waals surface area contributed by atoms with E-state index in [1.165, 1.54) is 5.56 Å². The molecule has 1 saturated heterocycles. The van der Waals surface area contributed by atoms with Gasteiger partial charge in [-0.2, -0.15) is 0 Å². The molecule has 1 aliphatic heterocycles. The van der Waals surface area contributed by atoms with Crippen molar-refractivity contribution >= 4 is 15.9 Å². The van der Waals surface area contributed by atoms with Gasteiger partial charge in [-0.15, -0.1) is 5.10 Å². The Balaban J connectivity index is 1.47. The minimum atomic E-state index is -0.175. The van der Waals surface area contributed by atoms with Crippen molar-refractivity contribution in [1.82, 2.24) is 19.9 Å². The fourth-order valence-electron chi connectivity index (χ4n) is 2.87. The van der Waals surface area contributed by atoms with Crippen LogP contribution in [-0.4, -0.2) is 33.0 Å². The van der Waals surface area contributed by atoms with E-state index in [1.807, 2.05) is 35.1 Å². The Morgan fingerprint density at radius 3 is 3.00 bits per heavy atom. The molecule has 0 N–H and O–H groups in total. The fourth-order valence-corrected chi connectivity index (χ4v) is 3.31. The summed E-state index contributed by atoms with van der Waals surface area (Å²) in [4.78, 5) is 2.20. The van der Waals surface area contributed by atoms with Gasteiger partial charge in [-0.3, -0.25) is 4.90 Å². The third kappa shape index (κ3) is 3.43. The molecule has 1 aliphatic rings. The summed E-state index contributed by atoms with van der Waals surface area (Å²) in [6.07, 6.45) is 3.47. The van der Waals surface area contributed by atoms with Gasteiger partial charge in [0.2, 0.25) is 0 Å². The summed E-state index contributed by atoms with van der Waals surface area (Å²) < 4.78 is 14.2. The predicted octanol–water partition coefficient (Wildman–Crippen LogP) is 3.21. The van der Waals surface area contributed by atoms with Crippen molar-refractivity contribution in [3.05, 3.63) is 70.3 Å². The van der Waals surface area contributed by atoms with E-state index in [4.69, 9.17) is 9.15 Å². The molecule has 0 amide bonds. The highest BCUT2D eigenvalue weighted by Crippen LogP contribution is 2.27. The number of aromatic nitrogens is 3. The highest BCUT2D eigenvalue weighted by atomic mass is 79.9. The normalized spacial score (nSPS) is 18.3. The second-order valence-corrected chi connectivity index (χ2v) is 6.66. The third-order valence-corrected chi connectivity index (χ3v) is 4.46. The summed E-state index contributed by atoms with van der Waals surface area (Å²) in [6, 6.07) is 12.0. The quantitative estimate of drug-likeness (QED) is 0.671. The number of hydrogen-bond donors (Lipinski definition) is 0. The molecular formula is C17H17BrN4O2. The average Bonchev–Trinajstić information content (AvgIpc) is 3.29. The van der Waals surface area contributed by atoms with Crippen LogP contribution in [0.25, 0.3) is 0 Å². The standard InChI is InChI=1S/C17H17BrN4O2/c18-14-4-1-3-13(9-14)10-22-12-16(19-20-22)17-21(6-8-24-17)11-15-5-2-7-23-15/h1-5,7,9,12,17H,6,8,10-11H2/t17-/m1/s1. The fraction of sp³-hybridized carbons (Fsp3) is 0.294. The van der Waals surface area contributed by atoms with Crippen molar-refractivity contribution in [1.29, 1.82) is 0 Å². The van der Waals surface area contributed by atoms with Crippen molar-refractivity contribution < 1.29 is 9.15 Å². The van der Waals surface area contributed by atoms with E-state index in [-0.39, 0.29) is 6.23 Å². The molecule has 0 bridgehead atoms. The van der Waals surface area contributed by atoms with Crippen LogP contribution in [0, 0.1) is 0 Å². The zero-order valence-electron chi connectivity index (χ0n) is 13.0. The molecule has 0 saturated carbocycles. The third-order valence-electron chi connectivity index (χ3n) is 3.97. The van der Waals surface area contributed by atoms with Crippen LogP contribution < -0.4 is 0 Å². The molecule has 3 heterocycles. The maximum absolute atomic E-state index is 5.84. The van der Waals surface area contributed by atoms with Crippen LogP contribution in [0.2, 0.25) is 0 Å². The number of nitrogens with zero attached hydrogens (tertiary/aromatic N) is 4. The number of hydrogen-bond acceptors (Lipinski definition) is 5. The minimum Gasteiger partial charge on any atom is -0.468 e. The van der Waals surface area contributed by atoms with Crippen molar-refractivity contribution in [2.45, 2.75) is 19.3 Å². The smallest absolute Gasteiger partial charge is 0.157 e. The summed E-state index contributed by atoms with van der Waals surface area (Å²) >= 11 is 3.49. The molecule has 7 heteroatoms. The van der Waals surface area contributed by atoms with Crippen molar-refractivity contribution in [2.24, 2.45) is 0 Å². The maximum atomic E-state index is 5.84. The Morgan fingerprint density at radius 2 is 2.17 bits per heavy atom. The monoisotopic (exact) mass is 388 g/mol. The summed E-state index contributed by atoms with van der Waals surface area (Å²) in [6.45, 7) is 2.92. The van der Waals surface area contributed by atoms with E-state index in [9.17, 15) is 0 Å². The molecule has 3 aromatic rings. The molecule has 24 heavy (non-hydrogen) atoms. The Kier molecular flexibility index (Phi) is 4.46. The van der Waals surface area contributed by atoms with Crippen molar-refractivity contribution in [2.75, 3.05) is 13.2 Å². The highest BCUT2D eigenvalue weighted by Gasteiger charge is 2.29. The molecule has 0 radical (unpaired) electrons. The minimum absolute atomic E-state index is 0.175. The Hall–Kier alpha value is -1.96. The van der Waals surface area contributed by atoms with E-state index in [0.717, 1.165) is 22.5 Å². The van der Waals surface area contributed by atoms with E-state index in [2.05, 4.69) is 43.3 Å². The van der Waals surface area contributed by atoms with Crippen LogP contribution >= 0.6 is 15.9 Å². The highest BCUT2D eigenvalue weighted by molar-refractivity contribution is 9.10. The first kappa shape index (κ1) is 15.6. The van der Waals surface area contributed by atoms with Gasteiger partial charge in [0.15, 0.2) is 6.23 Å². The van der Waals surface area contributed by atoms with E-state index in [1.54, 1.807) is 6.26 Å². The van der Waals surface area contributed by atoms with Gasteiger partial charge in [-0.25, -0.2) is 4.68 Å². The SMILES string of the molecule is Brc1cccc(Cn2cc([C@H]3OCCN3Cc3ccco3)nn2)c1.